The van der Waals surface area contributed by atoms with Crippen LogP contribution in [0.25, 0.3) is 0 Å². The molecule has 0 aromatic carbocycles. The van der Waals surface area contributed by atoms with Gasteiger partial charge in [0.2, 0.25) is 0 Å². The van der Waals surface area contributed by atoms with Crippen molar-refractivity contribution >= 4 is 16.6 Å². The number of rotatable bonds is 4. The van der Waals surface area contributed by atoms with Gasteiger partial charge in [0, 0.05) is 0 Å². The first-order chi connectivity index (χ1) is 9.67. The lowest BCUT2D eigenvalue weighted by Crippen LogP contribution is -2.52. The summed E-state index contributed by atoms with van der Waals surface area (Å²) in [6.07, 6.45) is 6.96. The van der Waals surface area contributed by atoms with Crippen LogP contribution in [0.5, 0.6) is 0 Å². The Morgan fingerprint density at radius 1 is 0.682 bits per heavy atom. The van der Waals surface area contributed by atoms with Crippen LogP contribution in [0.15, 0.2) is 12.2 Å². The fourth-order valence-corrected chi connectivity index (χ4v) is 4.84. The first-order valence-electron chi connectivity index (χ1n) is 8.68. The average molecular weight is 343 g/mol. The smallest absolute Gasteiger partial charge is 0.192 e. The summed E-state index contributed by atoms with van der Waals surface area (Å²) >= 11 is 0. The zero-order valence-electron chi connectivity index (χ0n) is 16.5. The van der Waals surface area contributed by atoms with E-state index in [1.807, 2.05) is 0 Å². The van der Waals surface area contributed by atoms with Gasteiger partial charge in [-0.15, -0.1) is 0 Å². The predicted octanol–water partition coefficient (Wildman–Crippen LogP) is 6.12. The van der Waals surface area contributed by atoms with E-state index >= 15 is 0 Å². The second kappa shape index (κ2) is 6.54. The molecule has 2 unspecified atom stereocenters. The molecule has 130 valence electrons. The highest BCUT2D eigenvalue weighted by Crippen LogP contribution is 2.41. The molecule has 2 nitrogen and oxygen atoms in total. The Balaban J connectivity index is 2.88. The van der Waals surface area contributed by atoms with E-state index in [1.54, 1.807) is 0 Å². The maximum atomic E-state index is 6.70. The van der Waals surface area contributed by atoms with Gasteiger partial charge in [0.05, 0.1) is 12.2 Å². The molecule has 0 saturated heterocycles. The third kappa shape index (κ3) is 4.79. The second-order valence-electron chi connectivity index (χ2n) is 9.78. The minimum Gasteiger partial charge on any atom is -0.411 e. The maximum absolute atomic E-state index is 6.70. The highest BCUT2D eigenvalue weighted by Gasteiger charge is 2.44. The van der Waals surface area contributed by atoms with Crippen LogP contribution >= 0.6 is 0 Å². The Kier molecular flexibility index (Phi) is 5.98. The topological polar surface area (TPSA) is 18.5 Å². The van der Waals surface area contributed by atoms with Crippen LogP contribution in [-0.4, -0.2) is 28.8 Å². The van der Waals surface area contributed by atoms with E-state index in [1.165, 1.54) is 0 Å². The van der Waals surface area contributed by atoms with E-state index in [0.29, 0.717) is 0 Å². The number of hydrogen-bond acceptors (Lipinski definition) is 2. The van der Waals surface area contributed by atoms with Gasteiger partial charge in [-0.05, 0) is 49.1 Å². The molecule has 0 N–H and O–H groups in total. The van der Waals surface area contributed by atoms with Gasteiger partial charge in [-0.2, -0.15) is 0 Å². The molecule has 0 amide bonds. The average Bonchev–Trinajstić information content (AvgIpc) is 2.28. The normalized spacial score (nSPS) is 24.6. The molecule has 0 aromatic heterocycles. The molecule has 22 heavy (non-hydrogen) atoms. The van der Waals surface area contributed by atoms with E-state index in [0.717, 1.165) is 12.8 Å². The summed E-state index contributed by atoms with van der Waals surface area (Å²) in [6.45, 7) is 23.2. The molecular weight excluding hydrogens is 304 g/mol. The van der Waals surface area contributed by atoms with E-state index in [4.69, 9.17) is 8.85 Å². The second-order valence-corrected chi connectivity index (χ2v) is 19.3. The zero-order chi connectivity index (χ0) is 17.4. The van der Waals surface area contributed by atoms with Crippen molar-refractivity contribution in [2.45, 2.75) is 103 Å². The van der Waals surface area contributed by atoms with Gasteiger partial charge >= 0.3 is 0 Å². The summed E-state index contributed by atoms with van der Waals surface area (Å²) in [6, 6.07) is 0. The Bertz CT molecular complexity index is 362. The van der Waals surface area contributed by atoms with Crippen molar-refractivity contribution in [3.8, 4) is 0 Å². The Morgan fingerprint density at radius 3 is 1.18 bits per heavy atom. The van der Waals surface area contributed by atoms with Crippen LogP contribution in [0, 0.1) is 0 Å². The molecule has 0 bridgehead atoms. The minimum absolute atomic E-state index is 0.222. The molecule has 0 aliphatic heterocycles. The third-order valence-electron chi connectivity index (χ3n) is 5.82. The Hall–Kier alpha value is 0.0938. The van der Waals surface area contributed by atoms with Crippen LogP contribution in [0.3, 0.4) is 0 Å². The molecule has 0 radical (unpaired) electrons. The molecule has 1 aliphatic carbocycles. The summed E-state index contributed by atoms with van der Waals surface area (Å²) in [4.78, 5) is 0. The molecule has 0 heterocycles. The van der Waals surface area contributed by atoms with E-state index < -0.39 is 16.6 Å². The van der Waals surface area contributed by atoms with Crippen LogP contribution in [-0.2, 0) is 8.85 Å². The van der Waals surface area contributed by atoms with Crippen LogP contribution in [0.1, 0.15) is 54.4 Å². The van der Waals surface area contributed by atoms with Crippen LogP contribution < -0.4 is 0 Å². The van der Waals surface area contributed by atoms with Crippen molar-refractivity contribution < 1.29 is 8.85 Å². The van der Waals surface area contributed by atoms with Crippen molar-refractivity contribution in [3.63, 3.8) is 0 Å². The van der Waals surface area contributed by atoms with Gasteiger partial charge in [0.1, 0.15) is 0 Å². The summed E-state index contributed by atoms with van der Waals surface area (Å²) in [7, 11) is -3.51. The molecular formula is C18H38O2Si2. The van der Waals surface area contributed by atoms with Crippen LogP contribution in [0.2, 0.25) is 36.3 Å². The standard InChI is InChI=1S/C18H38O2Si2/c1-17(2,3)21(7,8)19-15-13-11-12-14-16(15)20-22(9,10)18(4,5)6/h11-12,15-16H,13-14H2,1-10H3. The van der Waals surface area contributed by atoms with Gasteiger partial charge < -0.3 is 8.85 Å². The van der Waals surface area contributed by atoms with Gasteiger partial charge in [-0.1, -0.05) is 53.7 Å². The molecule has 4 heteroatoms. The largest absolute Gasteiger partial charge is 0.411 e. The first-order valence-corrected chi connectivity index (χ1v) is 14.5. The van der Waals surface area contributed by atoms with Crippen molar-refractivity contribution in [2.75, 3.05) is 0 Å². The van der Waals surface area contributed by atoms with Crippen molar-refractivity contribution in [1.29, 1.82) is 0 Å². The van der Waals surface area contributed by atoms with Crippen molar-refractivity contribution in [2.24, 2.45) is 0 Å². The molecule has 0 spiro atoms. The third-order valence-corrected chi connectivity index (χ3v) is 14.8. The molecule has 0 aromatic rings. The fourth-order valence-electron chi connectivity index (χ4n) is 2.12. The lowest BCUT2D eigenvalue weighted by molar-refractivity contribution is 0.0345. The van der Waals surface area contributed by atoms with E-state index in [-0.39, 0.29) is 22.3 Å². The molecule has 0 fully saturated rings. The van der Waals surface area contributed by atoms with E-state index in [9.17, 15) is 0 Å². The Labute approximate surface area is 140 Å². The van der Waals surface area contributed by atoms with Gasteiger partial charge in [-0.3, -0.25) is 0 Å². The Morgan fingerprint density at radius 2 is 0.955 bits per heavy atom. The van der Waals surface area contributed by atoms with Crippen LogP contribution in [0.4, 0.5) is 0 Å². The SMILES string of the molecule is CC(C)(C)[Si](C)(C)OC1CC=CCC1O[Si](C)(C)C(C)(C)C. The lowest BCUT2D eigenvalue weighted by Gasteiger charge is -2.45. The highest BCUT2D eigenvalue weighted by molar-refractivity contribution is 6.74. The highest BCUT2D eigenvalue weighted by atomic mass is 28.4. The number of hydrogen-bond donors (Lipinski definition) is 0. The lowest BCUT2D eigenvalue weighted by atomic mass is 10.0. The molecule has 0 saturated carbocycles. The van der Waals surface area contributed by atoms with Crippen molar-refractivity contribution in [3.05, 3.63) is 12.2 Å². The molecule has 1 aliphatic rings. The first kappa shape index (κ1) is 20.1. The molecule has 2 atom stereocenters. The quantitative estimate of drug-likeness (QED) is 0.453. The minimum atomic E-state index is -1.75. The van der Waals surface area contributed by atoms with Crippen molar-refractivity contribution in [1.82, 2.24) is 0 Å². The molecule has 1 rings (SSSR count). The summed E-state index contributed by atoms with van der Waals surface area (Å²) < 4.78 is 13.4. The zero-order valence-corrected chi connectivity index (χ0v) is 18.5. The van der Waals surface area contributed by atoms with Gasteiger partial charge in [0.15, 0.2) is 16.6 Å². The van der Waals surface area contributed by atoms with E-state index in [2.05, 4.69) is 79.9 Å². The van der Waals surface area contributed by atoms with Gasteiger partial charge in [0.25, 0.3) is 0 Å². The predicted molar refractivity (Wildman–Crippen MR) is 103 cm³/mol. The van der Waals surface area contributed by atoms with Gasteiger partial charge in [-0.25, -0.2) is 0 Å². The summed E-state index contributed by atoms with van der Waals surface area (Å²) in [5, 5.41) is 0.491. The maximum Gasteiger partial charge on any atom is 0.192 e. The monoisotopic (exact) mass is 342 g/mol. The summed E-state index contributed by atoms with van der Waals surface area (Å²) in [5.41, 5.74) is 0. The fraction of sp³-hybridized carbons (Fsp3) is 0.889. The summed E-state index contributed by atoms with van der Waals surface area (Å²) in [5.74, 6) is 0.